The lowest BCUT2D eigenvalue weighted by Gasteiger charge is -2.14. The van der Waals surface area contributed by atoms with Crippen LogP contribution in [0.2, 0.25) is 0 Å². The number of hydrogen-bond acceptors (Lipinski definition) is 1. The predicted molar refractivity (Wildman–Crippen MR) is 85.8 cm³/mol. The molecule has 1 atom stereocenters. The zero-order valence-electron chi connectivity index (χ0n) is 11.5. The van der Waals surface area contributed by atoms with Crippen LogP contribution >= 0.6 is 15.9 Å². The molecule has 0 unspecified atom stereocenters. The van der Waals surface area contributed by atoms with E-state index in [0.29, 0.717) is 5.56 Å². The second-order valence-corrected chi connectivity index (χ2v) is 5.82. The summed E-state index contributed by atoms with van der Waals surface area (Å²) in [5, 5.41) is 3.03. The van der Waals surface area contributed by atoms with Crippen molar-refractivity contribution >= 4 is 21.8 Å². The maximum atomic E-state index is 12.1. The molecule has 0 radical (unpaired) electrons. The van der Waals surface area contributed by atoms with Gasteiger partial charge in [0.1, 0.15) is 0 Å². The summed E-state index contributed by atoms with van der Waals surface area (Å²) in [6.45, 7) is 2.04. The maximum Gasteiger partial charge on any atom is 0.251 e. The summed E-state index contributed by atoms with van der Waals surface area (Å²) in [6, 6.07) is 17.9. The van der Waals surface area contributed by atoms with Gasteiger partial charge in [-0.3, -0.25) is 4.79 Å². The Morgan fingerprint density at radius 1 is 1.10 bits per heavy atom. The molecule has 2 aromatic rings. The van der Waals surface area contributed by atoms with Crippen molar-refractivity contribution in [3.05, 3.63) is 70.2 Å². The van der Waals surface area contributed by atoms with Crippen molar-refractivity contribution in [3.63, 3.8) is 0 Å². The van der Waals surface area contributed by atoms with Crippen LogP contribution in [0, 0.1) is 0 Å². The Morgan fingerprint density at radius 3 is 2.40 bits per heavy atom. The van der Waals surface area contributed by atoms with Crippen molar-refractivity contribution in [3.8, 4) is 0 Å². The molecule has 0 aromatic heterocycles. The second kappa shape index (κ2) is 7.25. The molecule has 2 aromatic carbocycles. The minimum Gasteiger partial charge on any atom is -0.350 e. The van der Waals surface area contributed by atoms with Gasteiger partial charge in [0, 0.05) is 16.1 Å². The number of rotatable bonds is 5. The fourth-order valence-electron chi connectivity index (χ4n) is 2.01. The molecule has 0 aliphatic rings. The number of aryl methyl sites for hydroxylation is 1. The largest absolute Gasteiger partial charge is 0.350 e. The zero-order valence-corrected chi connectivity index (χ0v) is 13.1. The first-order valence-corrected chi connectivity index (χ1v) is 7.55. The third-order valence-electron chi connectivity index (χ3n) is 3.19. The lowest BCUT2D eigenvalue weighted by atomic mass is 10.1. The standard InChI is InChI=1S/C17H18BrNO/c1-13(7-8-14-5-3-2-4-6-14)19-17(20)15-9-11-16(18)12-10-15/h2-6,9-13H,7-8H2,1H3,(H,19,20)/t13-/m0/s1. The molecule has 0 aliphatic heterocycles. The number of carbonyl (C=O) groups is 1. The number of amides is 1. The number of benzene rings is 2. The molecular formula is C17H18BrNO. The van der Waals surface area contributed by atoms with Crippen LogP contribution in [0.15, 0.2) is 59.1 Å². The Bertz CT molecular complexity index is 551. The van der Waals surface area contributed by atoms with E-state index in [-0.39, 0.29) is 11.9 Å². The van der Waals surface area contributed by atoms with E-state index >= 15 is 0 Å². The summed E-state index contributed by atoms with van der Waals surface area (Å²) in [7, 11) is 0. The van der Waals surface area contributed by atoms with Crippen molar-refractivity contribution in [2.75, 3.05) is 0 Å². The van der Waals surface area contributed by atoms with Gasteiger partial charge in [0.25, 0.3) is 5.91 Å². The van der Waals surface area contributed by atoms with E-state index in [1.165, 1.54) is 5.56 Å². The van der Waals surface area contributed by atoms with Crippen LogP contribution in [0.5, 0.6) is 0 Å². The van der Waals surface area contributed by atoms with Crippen molar-refractivity contribution in [2.45, 2.75) is 25.8 Å². The summed E-state index contributed by atoms with van der Waals surface area (Å²) in [5.41, 5.74) is 2.00. The summed E-state index contributed by atoms with van der Waals surface area (Å²) in [5.74, 6) is -0.0157. The minimum absolute atomic E-state index is 0.0157. The van der Waals surface area contributed by atoms with Crippen LogP contribution in [0.1, 0.15) is 29.3 Å². The molecule has 0 heterocycles. The molecule has 2 nitrogen and oxygen atoms in total. The van der Waals surface area contributed by atoms with Crippen LogP contribution in [0.4, 0.5) is 0 Å². The molecule has 0 fully saturated rings. The quantitative estimate of drug-likeness (QED) is 0.873. The smallest absolute Gasteiger partial charge is 0.251 e. The van der Waals surface area contributed by atoms with Crippen LogP contribution < -0.4 is 5.32 Å². The average molecular weight is 332 g/mol. The highest BCUT2D eigenvalue weighted by molar-refractivity contribution is 9.10. The van der Waals surface area contributed by atoms with Crippen LogP contribution in [-0.2, 0) is 6.42 Å². The maximum absolute atomic E-state index is 12.1. The highest BCUT2D eigenvalue weighted by atomic mass is 79.9. The predicted octanol–water partition coefficient (Wildman–Crippen LogP) is 4.20. The number of carbonyl (C=O) groups excluding carboxylic acids is 1. The number of nitrogens with one attached hydrogen (secondary N) is 1. The highest BCUT2D eigenvalue weighted by Crippen LogP contribution is 2.11. The molecule has 0 saturated carbocycles. The Kier molecular flexibility index (Phi) is 5.36. The second-order valence-electron chi connectivity index (χ2n) is 4.91. The topological polar surface area (TPSA) is 29.1 Å². The molecule has 1 amide bonds. The Morgan fingerprint density at radius 2 is 1.75 bits per heavy atom. The molecule has 2 rings (SSSR count). The van der Waals surface area contributed by atoms with Gasteiger partial charge >= 0.3 is 0 Å². The Balaban J connectivity index is 1.83. The molecule has 1 N–H and O–H groups in total. The fourth-order valence-corrected chi connectivity index (χ4v) is 2.27. The highest BCUT2D eigenvalue weighted by Gasteiger charge is 2.09. The molecule has 0 bridgehead atoms. The van der Waals surface area contributed by atoms with E-state index in [0.717, 1.165) is 17.3 Å². The summed E-state index contributed by atoms with van der Waals surface area (Å²) in [6.07, 6.45) is 1.91. The molecule has 3 heteroatoms. The summed E-state index contributed by atoms with van der Waals surface area (Å²) < 4.78 is 0.978. The van der Waals surface area contributed by atoms with Crippen molar-refractivity contribution in [1.29, 1.82) is 0 Å². The minimum atomic E-state index is -0.0157. The van der Waals surface area contributed by atoms with E-state index in [1.54, 1.807) is 0 Å². The molecule has 0 aliphatic carbocycles. The number of hydrogen-bond donors (Lipinski definition) is 1. The zero-order chi connectivity index (χ0) is 14.4. The van der Waals surface area contributed by atoms with Gasteiger partial charge in [0.2, 0.25) is 0 Å². The summed E-state index contributed by atoms with van der Waals surface area (Å²) in [4.78, 5) is 12.1. The van der Waals surface area contributed by atoms with Crippen LogP contribution in [0.25, 0.3) is 0 Å². The third-order valence-corrected chi connectivity index (χ3v) is 3.72. The molecule has 0 spiro atoms. The Hall–Kier alpha value is -1.61. The normalized spacial score (nSPS) is 11.9. The first kappa shape index (κ1) is 14.8. The van der Waals surface area contributed by atoms with E-state index in [9.17, 15) is 4.79 Å². The third kappa shape index (κ3) is 4.49. The van der Waals surface area contributed by atoms with Gasteiger partial charge in [0.05, 0.1) is 0 Å². The molecule has 104 valence electrons. The van der Waals surface area contributed by atoms with E-state index in [4.69, 9.17) is 0 Å². The first-order chi connectivity index (χ1) is 9.65. The number of halogens is 1. The summed E-state index contributed by atoms with van der Waals surface area (Å²) >= 11 is 3.36. The SMILES string of the molecule is C[C@@H](CCc1ccccc1)NC(=O)c1ccc(Br)cc1. The van der Waals surface area contributed by atoms with Gasteiger partial charge in [-0.2, -0.15) is 0 Å². The van der Waals surface area contributed by atoms with Crippen molar-refractivity contribution in [2.24, 2.45) is 0 Å². The first-order valence-electron chi connectivity index (χ1n) is 6.75. The molecule has 20 heavy (non-hydrogen) atoms. The van der Waals surface area contributed by atoms with Gasteiger partial charge in [-0.05, 0) is 49.6 Å². The van der Waals surface area contributed by atoms with Gasteiger partial charge in [-0.25, -0.2) is 0 Å². The van der Waals surface area contributed by atoms with Gasteiger partial charge in [-0.15, -0.1) is 0 Å². The van der Waals surface area contributed by atoms with Crippen LogP contribution in [-0.4, -0.2) is 11.9 Å². The van der Waals surface area contributed by atoms with E-state index < -0.39 is 0 Å². The lowest BCUT2D eigenvalue weighted by molar-refractivity contribution is 0.0938. The van der Waals surface area contributed by atoms with E-state index in [2.05, 4.69) is 33.4 Å². The molecular weight excluding hydrogens is 314 g/mol. The van der Waals surface area contributed by atoms with Crippen molar-refractivity contribution < 1.29 is 4.79 Å². The van der Waals surface area contributed by atoms with Crippen molar-refractivity contribution in [1.82, 2.24) is 5.32 Å². The Labute approximate surface area is 128 Å². The molecule has 0 saturated heterocycles. The fraction of sp³-hybridized carbons (Fsp3) is 0.235. The van der Waals surface area contributed by atoms with Gasteiger partial charge in [0.15, 0.2) is 0 Å². The van der Waals surface area contributed by atoms with E-state index in [1.807, 2.05) is 49.4 Å². The monoisotopic (exact) mass is 331 g/mol. The van der Waals surface area contributed by atoms with Crippen LogP contribution in [0.3, 0.4) is 0 Å². The van der Waals surface area contributed by atoms with Gasteiger partial charge in [-0.1, -0.05) is 46.3 Å². The average Bonchev–Trinajstić information content (AvgIpc) is 2.47. The van der Waals surface area contributed by atoms with Gasteiger partial charge < -0.3 is 5.32 Å². The lowest BCUT2D eigenvalue weighted by Crippen LogP contribution is -2.32.